The zero-order valence-corrected chi connectivity index (χ0v) is 16.2. The maximum Gasteiger partial charge on any atom is 0.410 e. The summed E-state index contributed by atoms with van der Waals surface area (Å²) < 4.78 is 19.5. The van der Waals surface area contributed by atoms with Crippen molar-refractivity contribution in [2.75, 3.05) is 0 Å². The molecule has 4 rings (SSSR count). The predicted octanol–water partition coefficient (Wildman–Crippen LogP) is 5.57. The first-order valence-corrected chi connectivity index (χ1v) is 10.0. The van der Waals surface area contributed by atoms with Gasteiger partial charge in [0.1, 0.15) is 12.4 Å². The van der Waals surface area contributed by atoms with Crippen LogP contribution < -0.4 is 0 Å². The van der Waals surface area contributed by atoms with Gasteiger partial charge in [-0.25, -0.2) is 9.18 Å². The van der Waals surface area contributed by atoms with Crippen molar-refractivity contribution < 1.29 is 13.9 Å². The number of hydrogen-bond donors (Lipinski definition) is 0. The molecular formula is C24H26FNO2. The summed E-state index contributed by atoms with van der Waals surface area (Å²) in [6.45, 7) is 2.08. The zero-order valence-electron chi connectivity index (χ0n) is 16.2. The van der Waals surface area contributed by atoms with E-state index in [2.05, 4.69) is 6.08 Å². The lowest BCUT2D eigenvalue weighted by Crippen LogP contribution is -2.52. The fraction of sp³-hybridized carbons (Fsp3) is 0.375. The normalized spacial score (nSPS) is 21.2. The molecule has 146 valence electrons. The molecule has 28 heavy (non-hydrogen) atoms. The van der Waals surface area contributed by atoms with Crippen LogP contribution in [0.15, 0.2) is 60.2 Å². The van der Waals surface area contributed by atoms with E-state index in [1.807, 2.05) is 47.4 Å². The fourth-order valence-electron chi connectivity index (χ4n) is 4.34. The monoisotopic (exact) mass is 379 g/mol. The quantitative estimate of drug-likeness (QED) is 0.650. The van der Waals surface area contributed by atoms with E-state index in [-0.39, 0.29) is 24.0 Å². The van der Waals surface area contributed by atoms with Gasteiger partial charge in [-0.3, -0.25) is 4.90 Å². The molecule has 0 spiro atoms. The van der Waals surface area contributed by atoms with Crippen molar-refractivity contribution >= 4 is 6.09 Å². The van der Waals surface area contributed by atoms with E-state index in [1.54, 1.807) is 13.0 Å². The minimum Gasteiger partial charge on any atom is -0.445 e. The van der Waals surface area contributed by atoms with Crippen molar-refractivity contribution in [3.8, 4) is 0 Å². The van der Waals surface area contributed by atoms with Crippen LogP contribution in [0, 0.1) is 12.7 Å². The number of benzene rings is 2. The smallest absolute Gasteiger partial charge is 0.410 e. The highest BCUT2D eigenvalue weighted by Crippen LogP contribution is 2.35. The first kappa shape index (κ1) is 18.7. The van der Waals surface area contributed by atoms with E-state index in [0.29, 0.717) is 12.2 Å². The van der Waals surface area contributed by atoms with Gasteiger partial charge in [-0.15, -0.1) is 0 Å². The predicted molar refractivity (Wildman–Crippen MR) is 107 cm³/mol. The number of halogens is 1. The Kier molecular flexibility index (Phi) is 5.47. The third-order valence-electron chi connectivity index (χ3n) is 5.80. The second-order valence-electron chi connectivity index (χ2n) is 7.89. The molecule has 2 unspecified atom stereocenters. The summed E-state index contributed by atoms with van der Waals surface area (Å²) in [6.07, 6.45) is 6.65. The summed E-state index contributed by atoms with van der Waals surface area (Å²) in [5.41, 5.74) is 3.96. The van der Waals surface area contributed by atoms with Gasteiger partial charge in [0.2, 0.25) is 0 Å². The molecule has 2 aromatic rings. The van der Waals surface area contributed by atoms with Gasteiger partial charge in [-0.05, 0) is 61.8 Å². The Balaban J connectivity index is 1.44. The lowest BCUT2D eigenvalue weighted by molar-refractivity contribution is 0.0481. The van der Waals surface area contributed by atoms with Gasteiger partial charge in [-0.2, -0.15) is 0 Å². The van der Waals surface area contributed by atoms with Crippen LogP contribution in [0.2, 0.25) is 0 Å². The van der Waals surface area contributed by atoms with Gasteiger partial charge in [-0.1, -0.05) is 54.1 Å². The van der Waals surface area contributed by atoms with Gasteiger partial charge in [0, 0.05) is 6.04 Å². The number of carbonyl (C=O) groups excluding carboxylic acids is 1. The summed E-state index contributed by atoms with van der Waals surface area (Å²) in [5, 5.41) is 0. The van der Waals surface area contributed by atoms with Crippen LogP contribution in [0.1, 0.15) is 42.4 Å². The highest BCUT2D eigenvalue weighted by atomic mass is 19.1. The third kappa shape index (κ3) is 4.11. The molecule has 2 aromatic carbocycles. The maximum atomic E-state index is 13.9. The van der Waals surface area contributed by atoms with Crippen LogP contribution >= 0.6 is 0 Å². The second-order valence-corrected chi connectivity index (χ2v) is 7.89. The Bertz CT molecular complexity index is 877. The molecule has 2 aliphatic heterocycles. The molecule has 0 radical (unpaired) electrons. The summed E-state index contributed by atoms with van der Waals surface area (Å²) in [6, 6.07) is 15.5. The first-order valence-electron chi connectivity index (χ1n) is 10.0. The van der Waals surface area contributed by atoms with Crippen LogP contribution in [0.25, 0.3) is 0 Å². The van der Waals surface area contributed by atoms with E-state index >= 15 is 0 Å². The molecule has 2 bridgehead atoms. The zero-order chi connectivity index (χ0) is 19.5. The van der Waals surface area contributed by atoms with Gasteiger partial charge >= 0.3 is 6.09 Å². The third-order valence-corrected chi connectivity index (χ3v) is 5.80. The van der Waals surface area contributed by atoms with Gasteiger partial charge in [0.25, 0.3) is 0 Å². The van der Waals surface area contributed by atoms with Crippen LogP contribution in [-0.4, -0.2) is 23.1 Å². The van der Waals surface area contributed by atoms with Crippen molar-refractivity contribution in [3.05, 3.63) is 82.7 Å². The van der Waals surface area contributed by atoms with Crippen LogP contribution in [0.4, 0.5) is 9.18 Å². The number of aryl methyl sites for hydroxylation is 1. The lowest BCUT2D eigenvalue weighted by Gasteiger charge is -2.44. The molecule has 3 nitrogen and oxygen atoms in total. The minimum atomic E-state index is -0.227. The van der Waals surface area contributed by atoms with E-state index < -0.39 is 0 Å². The summed E-state index contributed by atoms with van der Waals surface area (Å²) in [4.78, 5) is 14.7. The largest absolute Gasteiger partial charge is 0.445 e. The van der Waals surface area contributed by atoms with E-state index in [4.69, 9.17) is 4.74 Å². The van der Waals surface area contributed by atoms with Crippen molar-refractivity contribution in [1.82, 2.24) is 4.90 Å². The van der Waals surface area contributed by atoms with Crippen molar-refractivity contribution in [3.63, 3.8) is 0 Å². The second kappa shape index (κ2) is 8.17. The molecular weight excluding hydrogens is 353 g/mol. The molecule has 1 amide bonds. The van der Waals surface area contributed by atoms with Crippen molar-refractivity contribution in [2.45, 2.75) is 57.7 Å². The lowest BCUT2D eigenvalue weighted by atomic mass is 9.83. The van der Waals surface area contributed by atoms with Crippen molar-refractivity contribution in [2.24, 2.45) is 0 Å². The SMILES string of the molecule is Cc1ccc(CC2=CC3CCCC(C2)N3C(=O)OCc2ccccc2)cc1F. The average molecular weight is 379 g/mol. The average Bonchev–Trinajstić information content (AvgIpc) is 2.69. The molecule has 2 aliphatic rings. The standard InChI is InChI=1S/C24H26FNO2/c1-17-10-11-19(15-23(17)25)12-20-13-21-8-5-9-22(14-20)26(21)24(27)28-16-18-6-3-2-4-7-18/h2-4,6-7,10-11,13,15,21-22H,5,8-9,12,14,16H2,1H3. The molecule has 0 N–H and O–H groups in total. The first-order chi connectivity index (χ1) is 13.6. The van der Waals surface area contributed by atoms with Crippen molar-refractivity contribution in [1.29, 1.82) is 0 Å². The topological polar surface area (TPSA) is 29.5 Å². The molecule has 0 aromatic heterocycles. The van der Waals surface area contributed by atoms with Crippen LogP contribution in [0.5, 0.6) is 0 Å². The number of fused-ring (bicyclic) bond motifs is 2. The number of amides is 1. The number of nitrogens with zero attached hydrogens (tertiary/aromatic N) is 1. The fourth-order valence-corrected chi connectivity index (χ4v) is 4.34. The number of piperidine rings is 1. The van der Waals surface area contributed by atoms with E-state index in [0.717, 1.165) is 43.2 Å². The number of carbonyl (C=O) groups is 1. The Morgan fingerprint density at radius 1 is 1.14 bits per heavy atom. The number of ether oxygens (including phenoxy) is 1. The Hall–Kier alpha value is -2.62. The van der Waals surface area contributed by atoms with Crippen LogP contribution in [-0.2, 0) is 17.8 Å². The minimum absolute atomic E-state index is 0.0843. The molecule has 1 fully saturated rings. The number of rotatable bonds is 4. The molecule has 1 saturated heterocycles. The van der Waals surface area contributed by atoms with Crippen LogP contribution in [0.3, 0.4) is 0 Å². The summed E-state index contributed by atoms with van der Waals surface area (Å²) in [5.74, 6) is -0.153. The Morgan fingerprint density at radius 2 is 1.96 bits per heavy atom. The van der Waals surface area contributed by atoms with E-state index in [9.17, 15) is 9.18 Å². The maximum absolute atomic E-state index is 13.9. The molecule has 0 aliphatic carbocycles. The number of hydrogen-bond acceptors (Lipinski definition) is 2. The molecule has 0 saturated carbocycles. The molecule has 4 heteroatoms. The van der Waals surface area contributed by atoms with E-state index in [1.165, 1.54) is 5.57 Å². The summed E-state index contributed by atoms with van der Waals surface area (Å²) >= 11 is 0. The van der Waals surface area contributed by atoms with Gasteiger partial charge in [0.15, 0.2) is 0 Å². The van der Waals surface area contributed by atoms with Gasteiger partial charge < -0.3 is 4.74 Å². The Labute approximate surface area is 165 Å². The Morgan fingerprint density at radius 3 is 2.71 bits per heavy atom. The highest BCUT2D eigenvalue weighted by molar-refractivity contribution is 5.69. The molecule has 2 atom stereocenters. The highest BCUT2D eigenvalue weighted by Gasteiger charge is 2.37. The van der Waals surface area contributed by atoms with Gasteiger partial charge in [0.05, 0.1) is 6.04 Å². The molecule has 2 heterocycles. The summed E-state index contributed by atoms with van der Waals surface area (Å²) in [7, 11) is 0.